The average molecular weight is 238 g/mol. The molecule has 1 heterocycles. The van der Waals surface area contributed by atoms with Crippen LogP contribution in [-0.2, 0) is 0 Å². The Balaban J connectivity index is 2.97. The Morgan fingerprint density at radius 1 is 1.38 bits per heavy atom. The van der Waals surface area contributed by atoms with Gasteiger partial charge in [0.15, 0.2) is 0 Å². The lowest BCUT2D eigenvalue weighted by molar-refractivity contribution is 1.27. The van der Waals surface area contributed by atoms with E-state index in [4.69, 9.17) is 0 Å². The van der Waals surface area contributed by atoms with Crippen LogP contribution in [0.2, 0.25) is 0 Å². The van der Waals surface area contributed by atoms with E-state index in [1.54, 1.807) is 6.20 Å². The van der Waals surface area contributed by atoms with E-state index in [1.165, 1.54) is 0 Å². The summed E-state index contributed by atoms with van der Waals surface area (Å²) in [5.74, 6) is 0. The molecule has 0 aliphatic rings. The molecule has 0 saturated carbocycles. The number of benzene rings is 1. The van der Waals surface area contributed by atoms with Gasteiger partial charge in [0, 0.05) is 16.1 Å². The van der Waals surface area contributed by atoms with E-state index in [0.717, 1.165) is 20.8 Å². The van der Waals surface area contributed by atoms with Crippen molar-refractivity contribution in [1.82, 2.24) is 4.98 Å². The molecule has 2 aromatic rings. The molecule has 66 valence electrons. The number of hydrogen-bond acceptors (Lipinski definition) is 1. The summed E-state index contributed by atoms with van der Waals surface area (Å²) in [4.78, 5) is 14.0. The smallest absolute Gasteiger partial charge is 0.255 e. The standard InChI is InChI=1S/C10H8BrNO/c1-6-4-7-2-3-12-10(13)8(7)5-9(6)11/h2-5H,1H3,(H,12,13). The topological polar surface area (TPSA) is 32.9 Å². The van der Waals surface area contributed by atoms with E-state index < -0.39 is 0 Å². The molecule has 0 bridgehead atoms. The molecule has 2 nitrogen and oxygen atoms in total. The van der Waals surface area contributed by atoms with Crippen LogP contribution in [0.25, 0.3) is 10.8 Å². The van der Waals surface area contributed by atoms with Gasteiger partial charge in [-0.05, 0) is 30.0 Å². The molecule has 0 aliphatic heterocycles. The predicted molar refractivity (Wildman–Crippen MR) is 57.0 cm³/mol. The second-order valence-electron chi connectivity index (χ2n) is 3.00. The van der Waals surface area contributed by atoms with Crippen molar-refractivity contribution in [2.45, 2.75) is 6.92 Å². The quantitative estimate of drug-likeness (QED) is 0.751. The highest BCUT2D eigenvalue weighted by atomic mass is 79.9. The van der Waals surface area contributed by atoms with E-state index in [-0.39, 0.29) is 5.56 Å². The fourth-order valence-corrected chi connectivity index (χ4v) is 1.67. The van der Waals surface area contributed by atoms with E-state index in [2.05, 4.69) is 20.9 Å². The molecule has 0 aliphatic carbocycles. The molecule has 0 atom stereocenters. The summed E-state index contributed by atoms with van der Waals surface area (Å²) in [5, 5.41) is 1.70. The maximum atomic E-state index is 11.4. The Morgan fingerprint density at radius 2 is 2.15 bits per heavy atom. The first-order valence-electron chi connectivity index (χ1n) is 3.96. The normalized spacial score (nSPS) is 10.6. The number of pyridine rings is 1. The van der Waals surface area contributed by atoms with Crippen molar-refractivity contribution >= 4 is 26.7 Å². The van der Waals surface area contributed by atoms with Gasteiger partial charge in [-0.25, -0.2) is 0 Å². The number of aromatic nitrogens is 1. The van der Waals surface area contributed by atoms with Crippen molar-refractivity contribution in [2.75, 3.05) is 0 Å². The van der Waals surface area contributed by atoms with Crippen molar-refractivity contribution in [3.8, 4) is 0 Å². The van der Waals surface area contributed by atoms with E-state index in [9.17, 15) is 4.79 Å². The maximum Gasteiger partial charge on any atom is 0.255 e. The van der Waals surface area contributed by atoms with Gasteiger partial charge in [-0.1, -0.05) is 22.0 Å². The van der Waals surface area contributed by atoms with Gasteiger partial charge in [-0.15, -0.1) is 0 Å². The molecule has 13 heavy (non-hydrogen) atoms. The summed E-state index contributed by atoms with van der Waals surface area (Å²) in [6, 6.07) is 5.74. The SMILES string of the molecule is Cc1cc2cc[nH]c(=O)c2cc1Br. The Morgan fingerprint density at radius 3 is 2.92 bits per heavy atom. The first-order chi connectivity index (χ1) is 6.18. The highest BCUT2D eigenvalue weighted by Crippen LogP contribution is 2.20. The first-order valence-corrected chi connectivity index (χ1v) is 4.75. The number of aryl methyl sites for hydroxylation is 1. The molecule has 0 saturated heterocycles. The summed E-state index contributed by atoms with van der Waals surface area (Å²) in [5.41, 5.74) is 1.09. The van der Waals surface area contributed by atoms with Crippen molar-refractivity contribution in [3.63, 3.8) is 0 Å². The van der Waals surface area contributed by atoms with E-state index in [1.807, 2.05) is 25.1 Å². The second kappa shape index (κ2) is 3.00. The number of fused-ring (bicyclic) bond motifs is 1. The molecular weight excluding hydrogens is 230 g/mol. The summed E-state index contributed by atoms with van der Waals surface area (Å²) in [6.45, 7) is 2.00. The number of rotatable bonds is 0. The van der Waals surface area contributed by atoms with Crippen LogP contribution < -0.4 is 5.56 Å². The number of H-pyrrole nitrogens is 1. The number of nitrogens with one attached hydrogen (secondary N) is 1. The lowest BCUT2D eigenvalue weighted by Gasteiger charge is -2.00. The van der Waals surface area contributed by atoms with E-state index >= 15 is 0 Å². The predicted octanol–water partition coefficient (Wildman–Crippen LogP) is 2.60. The van der Waals surface area contributed by atoms with Gasteiger partial charge in [0.05, 0.1) is 0 Å². The van der Waals surface area contributed by atoms with E-state index in [0.29, 0.717) is 0 Å². The molecule has 3 heteroatoms. The minimum Gasteiger partial charge on any atom is -0.329 e. The molecule has 1 N–H and O–H groups in total. The molecule has 0 unspecified atom stereocenters. The fraction of sp³-hybridized carbons (Fsp3) is 0.100. The van der Waals surface area contributed by atoms with Crippen LogP contribution in [0.4, 0.5) is 0 Å². The maximum absolute atomic E-state index is 11.4. The Kier molecular flexibility index (Phi) is 1.96. The van der Waals surface area contributed by atoms with Gasteiger partial charge in [0.1, 0.15) is 0 Å². The Labute approximate surface area is 83.7 Å². The monoisotopic (exact) mass is 237 g/mol. The largest absolute Gasteiger partial charge is 0.329 e. The molecular formula is C10H8BrNO. The molecule has 1 aromatic carbocycles. The van der Waals surface area contributed by atoms with Gasteiger partial charge >= 0.3 is 0 Å². The van der Waals surface area contributed by atoms with Gasteiger partial charge in [0.25, 0.3) is 5.56 Å². The molecule has 0 spiro atoms. The molecule has 2 rings (SSSR count). The zero-order valence-electron chi connectivity index (χ0n) is 7.10. The zero-order valence-corrected chi connectivity index (χ0v) is 8.68. The average Bonchev–Trinajstić information content (AvgIpc) is 2.09. The number of halogens is 1. The van der Waals surface area contributed by atoms with Crippen LogP contribution in [-0.4, -0.2) is 4.98 Å². The fourth-order valence-electron chi connectivity index (χ4n) is 1.32. The summed E-state index contributed by atoms with van der Waals surface area (Å²) in [7, 11) is 0. The van der Waals surface area contributed by atoms with Crippen molar-refractivity contribution in [3.05, 3.63) is 44.8 Å². The molecule has 0 amide bonds. The third kappa shape index (κ3) is 1.40. The lowest BCUT2D eigenvalue weighted by Crippen LogP contribution is -2.04. The number of hydrogen-bond donors (Lipinski definition) is 1. The molecule has 0 fully saturated rings. The zero-order chi connectivity index (χ0) is 9.42. The van der Waals surface area contributed by atoms with Crippen LogP contribution in [0.3, 0.4) is 0 Å². The van der Waals surface area contributed by atoms with Gasteiger partial charge in [-0.2, -0.15) is 0 Å². The van der Waals surface area contributed by atoms with Gasteiger partial charge in [0.2, 0.25) is 0 Å². The highest BCUT2D eigenvalue weighted by Gasteiger charge is 2.00. The molecule has 0 radical (unpaired) electrons. The summed E-state index contributed by atoms with van der Waals surface area (Å²) in [6.07, 6.45) is 1.66. The van der Waals surface area contributed by atoms with Crippen LogP contribution in [0, 0.1) is 6.92 Å². The van der Waals surface area contributed by atoms with Crippen molar-refractivity contribution in [1.29, 1.82) is 0 Å². The van der Waals surface area contributed by atoms with Crippen molar-refractivity contribution in [2.24, 2.45) is 0 Å². The van der Waals surface area contributed by atoms with Gasteiger partial charge < -0.3 is 4.98 Å². The second-order valence-corrected chi connectivity index (χ2v) is 3.85. The number of aromatic amines is 1. The Hall–Kier alpha value is -1.09. The summed E-state index contributed by atoms with van der Waals surface area (Å²) >= 11 is 3.40. The minimum atomic E-state index is -0.0433. The highest BCUT2D eigenvalue weighted by molar-refractivity contribution is 9.10. The van der Waals surface area contributed by atoms with Crippen LogP contribution in [0.5, 0.6) is 0 Å². The first kappa shape index (κ1) is 8.51. The van der Waals surface area contributed by atoms with Gasteiger partial charge in [-0.3, -0.25) is 4.79 Å². The lowest BCUT2D eigenvalue weighted by atomic mass is 10.1. The van der Waals surface area contributed by atoms with Crippen LogP contribution >= 0.6 is 15.9 Å². The Bertz CT molecular complexity index is 516. The molecule has 1 aromatic heterocycles. The third-order valence-corrected chi connectivity index (χ3v) is 2.91. The minimum absolute atomic E-state index is 0.0433. The third-order valence-electron chi connectivity index (χ3n) is 2.05. The summed E-state index contributed by atoms with van der Waals surface area (Å²) < 4.78 is 0.969. The van der Waals surface area contributed by atoms with Crippen LogP contribution in [0.15, 0.2) is 33.7 Å². The van der Waals surface area contributed by atoms with Crippen molar-refractivity contribution < 1.29 is 0 Å². The van der Waals surface area contributed by atoms with Crippen LogP contribution in [0.1, 0.15) is 5.56 Å².